The molecule has 2 N–H and O–H groups in total. The van der Waals surface area contributed by atoms with Crippen molar-refractivity contribution >= 4 is 35.1 Å². The van der Waals surface area contributed by atoms with Crippen molar-refractivity contribution < 1.29 is 19.1 Å². The second-order valence-corrected chi connectivity index (χ2v) is 3.69. The van der Waals surface area contributed by atoms with Crippen LogP contribution in [-0.4, -0.2) is 37.9 Å². The highest BCUT2D eigenvalue weighted by Crippen LogP contribution is 2.24. The lowest BCUT2D eigenvalue weighted by Gasteiger charge is -2.09. The van der Waals surface area contributed by atoms with Gasteiger partial charge >= 0.3 is 11.9 Å². The first-order chi connectivity index (χ1) is 9.04. The first-order valence-electron chi connectivity index (χ1n) is 5.23. The number of amidine groups is 1. The molecule has 0 spiro atoms. The molecule has 0 atom stereocenters. The molecule has 0 amide bonds. The minimum Gasteiger partial charge on any atom is -0.465 e. The summed E-state index contributed by atoms with van der Waals surface area (Å²) in [6.45, 7) is 0. The van der Waals surface area contributed by atoms with Gasteiger partial charge in [-0.15, -0.1) is 11.6 Å². The lowest BCUT2D eigenvalue weighted by Crippen LogP contribution is -2.15. The van der Waals surface area contributed by atoms with Crippen molar-refractivity contribution in [3.63, 3.8) is 0 Å². The van der Waals surface area contributed by atoms with Crippen LogP contribution >= 0.6 is 11.6 Å². The molecule has 0 heterocycles. The fourth-order valence-corrected chi connectivity index (χ4v) is 1.47. The van der Waals surface area contributed by atoms with Crippen LogP contribution in [0.3, 0.4) is 0 Å². The molecule has 0 bridgehead atoms. The van der Waals surface area contributed by atoms with E-state index in [-0.39, 0.29) is 28.5 Å². The Labute approximate surface area is 115 Å². The number of hydrogen-bond donors (Lipinski definition) is 1. The van der Waals surface area contributed by atoms with Gasteiger partial charge in [0.15, 0.2) is 0 Å². The molecule has 0 saturated carbocycles. The molecule has 0 fully saturated rings. The normalized spacial score (nSPS) is 11.0. The van der Waals surface area contributed by atoms with Crippen molar-refractivity contribution in [1.82, 2.24) is 0 Å². The number of hydrogen-bond acceptors (Lipinski definition) is 5. The maximum absolute atomic E-state index is 11.8. The zero-order valence-electron chi connectivity index (χ0n) is 10.5. The quantitative estimate of drug-likeness (QED) is 0.391. The molecule has 0 aromatic heterocycles. The van der Waals surface area contributed by atoms with Gasteiger partial charge in [-0.2, -0.15) is 0 Å². The van der Waals surface area contributed by atoms with E-state index in [1.54, 1.807) is 6.07 Å². The number of carbonyl (C=O) groups is 2. The number of aliphatic imine (C=N–C) groups is 1. The second kappa shape index (κ2) is 6.75. The Morgan fingerprint density at radius 1 is 1.26 bits per heavy atom. The Kier molecular flexibility index (Phi) is 5.32. The number of benzene rings is 1. The van der Waals surface area contributed by atoms with Gasteiger partial charge in [0.2, 0.25) is 0 Å². The van der Waals surface area contributed by atoms with Gasteiger partial charge in [-0.05, 0) is 12.1 Å². The Morgan fingerprint density at radius 2 is 1.89 bits per heavy atom. The Hall–Kier alpha value is -2.08. The largest absolute Gasteiger partial charge is 0.465 e. The summed E-state index contributed by atoms with van der Waals surface area (Å²) in [4.78, 5) is 27.4. The van der Waals surface area contributed by atoms with Gasteiger partial charge in [-0.3, -0.25) is 0 Å². The minimum absolute atomic E-state index is 0.00304. The van der Waals surface area contributed by atoms with E-state index in [1.165, 1.54) is 26.4 Å². The van der Waals surface area contributed by atoms with Gasteiger partial charge in [0.1, 0.15) is 5.84 Å². The van der Waals surface area contributed by atoms with E-state index in [0.29, 0.717) is 0 Å². The van der Waals surface area contributed by atoms with Crippen LogP contribution < -0.4 is 5.73 Å². The van der Waals surface area contributed by atoms with Gasteiger partial charge < -0.3 is 15.2 Å². The molecule has 0 aliphatic heterocycles. The topological polar surface area (TPSA) is 91.0 Å². The van der Waals surface area contributed by atoms with E-state index < -0.39 is 11.9 Å². The van der Waals surface area contributed by atoms with Gasteiger partial charge in [0.05, 0.1) is 36.9 Å². The number of nitrogens with two attached hydrogens (primary N) is 1. The first kappa shape index (κ1) is 15.0. The van der Waals surface area contributed by atoms with Crippen LogP contribution in [0.2, 0.25) is 0 Å². The van der Waals surface area contributed by atoms with Crippen molar-refractivity contribution in [3.05, 3.63) is 29.3 Å². The Balaban J connectivity index is 3.47. The molecule has 1 aromatic carbocycles. The standard InChI is InChI=1S/C12H13ClN2O4/c1-18-11(16)7-4-3-5-8(15-9(14)6-13)10(7)12(17)19-2/h3-5H,6H2,1-2H3,(H2,14,15). The molecule has 7 heteroatoms. The van der Waals surface area contributed by atoms with E-state index in [2.05, 4.69) is 14.5 Å². The fourth-order valence-electron chi connectivity index (χ4n) is 1.41. The van der Waals surface area contributed by atoms with Crippen LogP contribution in [0.5, 0.6) is 0 Å². The Morgan fingerprint density at radius 3 is 2.42 bits per heavy atom. The molecule has 0 aliphatic rings. The number of halogens is 1. The third-order valence-electron chi connectivity index (χ3n) is 2.24. The highest BCUT2D eigenvalue weighted by atomic mass is 35.5. The van der Waals surface area contributed by atoms with Gasteiger partial charge in [0, 0.05) is 0 Å². The van der Waals surface area contributed by atoms with E-state index >= 15 is 0 Å². The summed E-state index contributed by atoms with van der Waals surface area (Å²) in [5, 5.41) is 0. The van der Waals surface area contributed by atoms with Crippen LogP contribution in [0.1, 0.15) is 20.7 Å². The molecule has 0 aliphatic carbocycles. The second-order valence-electron chi connectivity index (χ2n) is 3.42. The molecule has 19 heavy (non-hydrogen) atoms. The molecule has 0 saturated heterocycles. The smallest absolute Gasteiger partial charge is 0.340 e. The highest BCUT2D eigenvalue weighted by Gasteiger charge is 2.22. The fraction of sp³-hybridized carbons (Fsp3) is 0.250. The lowest BCUT2D eigenvalue weighted by atomic mass is 10.1. The molecule has 1 rings (SSSR count). The zero-order valence-corrected chi connectivity index (χ0v) is 11.2. The summed E-state index contributed by atoms with van der Waals surface area (Å²) < 4.78 is 9.24. The molecule has 1 aromatic rings. The molecule has 0 radical (unpaired) electrons. The number of rotatable bonds is 4. The van der Waals surface area contributed by atoms with Gasteiger partial charge in [-0.1, -0.05) is 6.07 Å². The molecule has 0 unspecified atom stereocenters. The highest BCUT2D eigenvalue weighted by molar-refractivity contribution is 6.28. The summed E-state index contributed by atoms with van der Waals surface area (Å²) in [6.07, 6.45) is 0. The molecular formula is C12H13ClN2O4. The molecular weight excluding hydrogens is 272 g/mol. The average molecular weight is 285 g/mol. The maximum atomic E-state index is 11.8. The maximum Gasteiger partial charge on any atom is 0.340 e. The van der Waals surface area contributed by atoms with Gasteiger partial charge in [-0.25, -0.2) is 14.6 Å². The van der Waals surface area contributed by atoms with Crippen molar-refractivity contribution in [1.29, 1.82) is 0 Å². The molecule has 102 valence electrons. The van der Waals surface area contributed by atoms with E-state index in [0.717, 1.165) is 0 Å². The number of carbonyl (C=O) groups excluding carboxylic acids is 2. The summed E-state index contributed by atoms with van der Waals surface area (Å²) in [7, 11) is 2.42. The predicted molar refractivity (Wildman–Crippen MR) is 71.1 cm³/mol. The minimum atomic E-state index is -0.706. The van der Waals surface area contributed by atoms with Gasteiger partial charge in [0.25, 0.3) is 0 Å². The first-order valence-corrected chi connectivity index (χ1v) is 5.77. The van der Waals surface area contributed by atoms with Crippen LogP contribution in [0.15, 0.2) is 23.2 Å². The van der Waals surface area contributed by atoms with Crippen LogP contribution in [-0.2, 0) is 9.47 Å². The van der Waals surface area contributed by atoms with Crippen molar-refractivity contribution in [2.75, 3.05) is 20.1 Å². The number of alkyl halides is 1. The van der Waals surface area contributed by atoms with E-state index in [4.69, 9.17) is 17.3 Å². The number of ether oxygens (including phenoxy) is 2. The third-order valence-corrected chi connectivity index (χ3v) is 2.51. The number of methoxy groups -OCH3 is 2. The van der Waals surface area contributed by atoms with E-state index in [9.17, 15) is 9.59 Å². The average Bonchev–Trinajstić information content (AvgIpc) is 2.45. The van der Waals surface area contributed by atoms with Crippen molar-refractivity contribution in [3.8, 4) is 0 Å². The summed E-state index contributed by atoms with van der Waals surface area (Å²) in [5.74, 6) is -1.25. The van der Waals surface area contributed by atoms with Crippen LogP contribution in [0.4, 0.5) is 5.69 Å². The third kappa shape index (κ3) is 3.45. The summed E-state index contributed by atoms with van der Waals surface area (Å²) in [6, 6.07) is 4.52. The predicted octanol–water partition coefficient (Wildman–Crippen LogP) is 1.49. The SMILES string of the molecule is COC(=O)c1cccc(N=C(N)CCl)c1C(=O)OC. The molecule has 6 nitrogen and oxygen atoms in total. The zero-order chi connectivity index (χ0) is 14.4. The monoisotopic (exact) mass is 284 g/mol. The lowest BCUT2D eigenvalue weighted by molar-refractivity contribution is 0.0556. The van der Waals surface area contributed by atoms with Crippen LogP contribution in [0, 0.1) is 0 Å². The van der Waals surface area contributed by atoms with Crippen molar-refractivity contribution in [2.45, 2.75) is 0 Å². The summed E-state index contributed by atoms with van der Waals surface area (Å²) >= 11 is 5.53. The summed E-state index contributed by atoms with van der Waals surface area (Å²) in [5.41, 5.74) is 5.77. The Bertz CT molecular complexity index is 528. The number of esters is 2. The van der Waals surface area contributed by atoms with E-state index in [1.807, 2.05) is 0 Å². The van der Waals surface area contributed by atoms with Crippen molar-refractivity contribution in [2.24, 2.45) is 10.7 Å². The number of nitrogens with zero attached hydrogens (tertiary/aromatic N) is 1. The van der Waals surface area contributed by atoms with Crippen LogP contribution in [0.25, 0.3) is 0 Å².